The van der Waals surface area contributed by atoms with Gasteiger partial charge >= 0.3 is 6.18 Å². The third-order valence-electron chi connectivity index (χ3n) is 1.73. The molecule has 6 heteroatoms. The fraction of sp³-hybridized carbons (Fsp3) is 0.875. The van der Waals surface area contributed by atoms with Crippen LogP contribution in [-0.2, 0) is 4.79 Å². The molecule has 0 aromatic rings. The van der Waals surface area contributed by atoms with Crippen molar-refractivity contribution < 1.29 is 18.0 Å². The molecular weight excluding hydrogens is 197 g/mol. The molecule has 1 atom stereocenters. The number of carbonyl (C=O) groups is 1. The first-order valence-corrected chi connectivity index (χ1v) is 4.34. The van der Waals surface area contributed by atoms with Crippen LogP contribution in [0.2, 0.25) is 0 Å². The molecule has 0 saturated carbocycles. The van der Waals surface area contributed by atoms with E-state index in [9.17, 15) is 18.0 Å². The van der Waals surface area contributed by atoms with E-state index in [0.717, 1.165) is 0 Å². The summed E-state index contributed by atoms with van der Waals surface area (Å²) in [6, 6.07) is -0.747. The molecular formula is C8H15F3N2O. The van der Waals surface area contributed by atoms with Crippen LogP contribution in [0.25, 0.3) is 0 Å². The molecule has 0 aliphatic heterocycles. The standard InChI is InChI=1S/C8H15F3N2O/c1-5(2)6(12)7(14)13-4-3-8(9,10)11/h5-6H,3-4,12H2,1-2H3,(H,13,14)/t6-/m0/s1. The van der Waals surface area contributed by atoms with Gasteiger partial charge in [0.15, 0.2) is 0 Å². The lowest BCUT2D eigenvalue weighted by Gasteiger charge is -2.15. The molecule has 0 saturated heterocycles. The molecule has 0 aromatic heterocycles. The second-order valence-electron chi connectivity index (χ2n) is 3.43. The van der Waals surface area contributed by atoms with Crippen molar-refractivity contribution in [1.82, 2.24) is 5.32 Å². The Morgan fingerprint density at radius 3 is 2.29 bits per heavy atom. The van der Waals surface area contributed by atoms with E-state index in [4.69, 9.17) is 5.73 Å². The largest absolute Gasteiger partial charge is 0.390 e. The zero-order valence-corrected chi connectivity index (χ0v) is 8.19. The molecule has 0 aliphatic rings. The smallest absolute Gasteiger partial charge is 0.354 e. The van der Waals surface area contributed by atoms with Gasteiger partial charge in [0.1, 0.15) is 0 Å². The molecule has 0 aliphatic carbocycles. The van der Waals surface area contributed by atoms with E-state index < -0.39 is 31.1 Å². The number of alkyl halides is 3. The summed E-state index contributed by atoms with van der Waals surface area (Å²) in [5.41, 5.74) is 5.42. The van der Waals surface area contributed by atoms with Crippen molar-refractivity contribution in [2.24, 2.45) is 11.7 Å². The summed E-state index contributed by atoms with van der Waals surface area (Å²) in [6.07, 6.45) is -5.27. The predicted octanol–water partition coefficient (Wildman–Crippen LogP) is 1.04. The Balaban J connectivity index is 3.75. The van der Waals surface area contributed by atoms with Crippen LogP contribution in [0, 0.1) is 5.92 Å². The number of amides is 1. The van der Waals surface area contributed by atoms with Crippen molar-refractivity contribution in [2.45, 2.75) is 32.5 Å². The minimum atomic E-state index is -4.24. The molecule has 0 aromatic carbocycles. The molecule has 84 valence electrons. The van der Waals surface area contributed by atoms with E-state index in [1.54, 1.807) is 13.8 Å². The SMILES string of the molecule is CC(C)[C@H](N)C(=O)NCCC(F)(F)F. The van der Waals surface area contributed by atoms with Crippen LogP contribution < -0.4 is 11.1 Å². The van der Waals surface area contributed by atoms with E-state index in [-0.39, 0.29) is 5.92 Å². The van der Waals surface area contributed by atoms with Gasteiger partial charge in [0.05, 0.1) is 12.5 Å². The van der Waals surface area contributed by atoms with Crippen molar-refractivity contribution in [1.29, 1.82) is 0 Å². The van der Waals surface area contributed by atoms with Gasteiger partial charge in [-0.15, -0.1) is 0 Å². The predicted molar refractivity (Wildman–Crippen MR) is 46.5 cm³/mol. The van der Waals surface area contributed by atoms with Gasteiger partial charge < -0.3 is 11.1 Å². The maximum Gasteiger partial charge on any atom is 0.390 e. The Kier molecular flexibility index (Phi) is 4.90. The van der Waals surface area contributed by atoms with Gasteiger partial charge in [-0.05, 0) is 5.92 Å². The fourth-order valence-corrected chi connectivity index (χ4v) is 0.748. The fourth-order valence-electron chi connectivity index (χ4n) is 0.748. The highest BCUT2D eigenvalue weighted by Gasteiger charge is 2.27. The zero-order valence-electron chi connectivity index (χ0n) is 8.19. The monoisotopic (exact) mass is 212 g/mol. The van der Waals surface area contributed by atoms with E-state index >= 15 is 0 Å². The minimum Gasteiger partial charge on any atom is -0.354 e. The number of hydrogen-bond acceptors (Lipinski definition) is 2. The zero-order chi connectivity index (χ0) is 11.4. The molecule has 0 bridgehead atoms. The van der Waals surface area contributed by atoms with Gasteiger partial charge in [0.2, 0.25) is 5.91 Å². The van der Waals surface area contributed by atoms with Crippen LogP contribution in [0.4, 0.5) is 13.2 Å². The number of nitrogens with two attached hydrogens (primary N) is 1. The van der Waals surface area contributed by atoms with Crippen molar-refractivity contribution in [3.63, 3.8) is 0 Å². The normalized spacial score (nSPS) is 14.2. The van der Waals surface area contributed by atoms with E-state index in [1.165, 1.54) is 0 Å². The van der Waals surface area contributed by atoms with Crippen LogP contribution in [0.5, 0.6) is 0 Å². The number of nitrogens with one attached hydrogen (secondary N) is 1. The number of carbonyl (C=O) groups excluding carboxylic acids is 1. The van der Waals surface area contributed by atoms with Gasteiger partial charge in [0.25, 0.3) is 0 Å². The van der Waals surface area contributed by atoms with Gasteiger partial charge in [0, 0.05) is 6.54 Å². The quantitative estimate of drug-likeness (QED) is 0.731. The summed E-state index contributed by atoms with van der Waals surface area (Å²) in [5, 5.41) is 2.14. The van der Waals surface area contributed by atoms with Crippen LogP contribution in [0.15, 0.2) is 0 Å². The van der Waals surface area contributed by atoms with Crippen LogP contribution in [0.3, 0.4) is 0 Å². The molecule has 0 fully saturated rings. The second kappa shape index (κ2) is 5.19. The average Bonchev–Trinajstić information content (AvgIpc) is 2.00. The molecule has 0 spiro atoms. The molecule has 0 rings (SSSR count). The maximum atomic E-state index is 11.7. The van der Waals surface area contributed by atoms with Gasteiger partial charge in [-0.25, -0.2) is 0 Å². The lowest BCUT2D eigenvalue weighted by atomic mass is 10.1. The summed E-state index contributed by atoms with van der Waals surface area (Å²) in [5.74, 6) is -0.620. The first-order valence-electron chi connectivity index (χ1n) is 4.34. The topological polar surface area (TPSA) is 55.1 Å². The highest BCUT2D eigenvalue weighted by molar-refractivity contribution is 5.81. The number of hydrogen-bond donors (Lipinski definition) is 2. The average molecular weight is 212 g/mol. The molecule has 0 unspecified atom stereocenters. The molecule has 3 N–H and O–H groups in total. The molecule has 0 radical (unpaired) electrons. The summed E-state index contributed by atoms with van der Waals surface area (Å²) in [6.45, 7) is 3.05. The van der Waals surface area contributed by atoms with Gasteiger partial charge in [-0.3, -0.25) is 4.79 Å². The van der Waals surface area contributed by atoms with Gasteiger partial charge in [-0.2, -0.15) is 13.2 Å². The van der Waals surface area contributed by atoms with E-state index in [0.29, 0.717) is 0 Å². The Morgan fingerprint density at radius 1 is 1.43 bits per heavy atom. The number of rotatable bonds is 4. The van der Waals surface area contributed by atoms with E-state index in [1.807, 2.05) is 0 Å². The first kappa shape index (κ1) is 13.2. The van der Waals surface area contributed by atoms with Crippen molar-refractivity contribution in [2.75, 3.05) is 6.54 Å². The summed E-state index contributed by atoms with van der Waals surface area (Å²) in [7, 11) is 0. The Labute approximate surface area is 80.8 Å². The van der Waals surface area contributed by atoms with E-state index in [2.05, 4.69) is 5.32 Å². The van der Waals surface area contributed by atoms with Crippen molar-refractivity contribution >= 4 is 5.91 Å². The van der Waals surface area contributed by atoms with Crippen LogP contribution >= 0.6 is 0 Å². The van der Waals surface area contributed by atoms with Crippen molar-refractivity contribution in [3.8, 4) is 0 Å². The Morgan fingerprint density at radius 2 is 1.93 bits per heavy atom. The summed E-state index contributed by atoms with van der Waals surface area (Å²) < 4.78 is 35.0. The highest BCUT2D eigenvalue weighted by Crippen LogP contribution is 2.18. The van der Waals surface area contributed by atoms with Gasteiger partial charge in [-0.1, -0.05) is 13.8 Å². The molecule has 1 amide bonds. The Hall–Kier alpha value is -0.780. The first-order chi connectivity index (χ1) is 6.24. The van der Waals surface area contributed by atoms with Crippen molar-refractivity contribution in [3.05, 3.63) is 0 Å². The third-order valence-corrected chi connectivity index (χ3v) is 1.73. The second-order valence-corrected chi connectivity index (χ2v) is 3.43. The lowest BCUT2D eigenvalue weighted by molar-refractivity contribution is -0.136. The minimum absolute atomic E-state index is 0.0825. The van der Waals surface area contributed by atoms with Crippen LogP contribution in [0.1, 0.15) is 20.3 Å². The molecule has 14 heavy (non-hydrogen) atoms. The third kappa shape index (κ3) is 5.80. The highest BCUT2D eigenvalue weighted by atomic mass is 19.4. The van der Waals surface area contributed by atoms with Crippen LogP contribution in [-0.4, -0.2) is 24.7 Å². The number of halogens is 3. The lowest BCUT2D eigenvalue weighted by Crippen LogP contribution is -2.44. The maximum absolute atomic E-state index is 11.7. The molecule has 0 heterocycles. The molecule has 3 nitrogen and oxygen atoms in total. The summed E-state index contributed by atoms with van der Waals surface area (Å²) >= 11 is 0. The summed E-state index contributed by atoms with van der Waals surface area (Å²) in [4.78, 5) is 11.1. The Bertz CT molecular complexity index is 192.